The second-order valence-corrected chi connectivity index (χ2v) is 11.0. The third-order valence-electron chi connectivity index (χ3n) is 7.34. The normalized spacial score (nSPS) is 16.3. The van der Waals surface area contributed by atoms with Gasteiger partial charge in [-0.2, -0.15) is 0 Å². The van der Waals surface area contributed by atoms with Gasteiger partial charge in [0, 0.05) is 31.5 Å². The van der Waals surface area contributed by atoms with E-state index in [-0.39, 0.29) is 17.0 Å². The highest BCUT2D eigenvalue weighted by Gasteiger charge is 2.38. The number of aryl methyl sites for hydroxylation is 2. The van der Waals surface area contributed by atoms with Crippen molar-refractivity contribution in [3.05, 3.63) is 52.2 Å². The lowest BCUT2D eigenvalue weighted by Gasteiger charge is -2.25. The first kappa shape index (κ1) is 29.2. The summed E-state index contributed by atoms with van der Waals surface area (Å²) in [6.07, 6.45) is 9.19. The second-order valence-electron chi connectivity index (χ2n) is 10.6. The van der Waals surface area contributed by atoms with Crippen LogP contribution in [-0.4, -0.2) is 76.3 Å². The zero-order valence-corrected chi connectivity index (χ0v) is 23.1. The minimum atomic E-state index is -1.20. The molecule has 0 spiro atoms. The number of carbonyl (C=O) groups is 2. The average molecular weight is 562 g/mol. The maximum atomic E-state index is 14.1. The van der Waals surface area contributed by atoms with Crippen LogP contribution in [0.1, 0.15) is 67.1 Å². The van der Waals surface area contributed by atoms with E-state index in [1.807, 2.05) is 0 Å². The highest BCUT2D eigenvalue weighted by atomic mass is 35.5. The number of halogens is 2. The summed E-state index contributed by atoms with van der Waals surface area (Å²) in [5.41, 5.74) is 1.89. The lowest BCUT2D eigenvalue weighted by molar-refractivity contribution is -0.139. The number of ether oxygens (including phenoxy) is 1. The number of hydrogen-bond acceptors (Lipinski definition) is 7. The molecular weight excluding hydrogens is 525 g/mol. The SMILES string of the molecule is CC1(OCCN(CCCCc2ccc3c(n2)NCCC3)CCC(NC(=O)c2c(F)cncc2Cl)C(=O)O)CC1. The number of aromatic nitrogens is 2. The van der Waals surface area contributed by atoms with Crippen LogP contribution in [0.15, 0.2) is 24.5 Å². The first-order valence-corrected chi connectivity index (χ1v) is 14.0. The Morgan fingerprint density at radius 1 is 1.26 bits per heavy atom. The van der Waals surface area contributed by atoms with Crippen molar-refractivity contribution in [2.45, 2.75) is 69.9 Å². The van der Waals surface area contributed by atoms with Gasteiger partial charge in [-0.05, 0) is 76.5 Å². The van der Waals surface area contributed by atoms with E-state index in [9.17, 15) is 19.1 Å². The van der Waals surface area contributed by atoms with Gasteiger partial charge in [0.05, 0.1) is 29.0 Å². The Morgan fingerprint density at radius 2 is 2.08 bits per heavy atom. The second kappa shape index (κ2) is 13.5. The van der Waals surface area contributed by atoms with Crippen molar-refractivity contribution in [2.24, 2.45) is 0 Å². The number of aliphatic carboxylic acids is 1. The Morgan fingerprint density at radius 3 is 2.82 bits per heavy atom. The Kier molecular flexibility index (Phi) is 10.1. The van der Waals surface area contributed by atoms with Crippen molar-refractivity contribution in [3.63, 3.8) is 0 Å². The summed E-state index contributed by atoms with van der Waals surface area (Å²) in [5, 5.41) is 15.3. The fourth-order valence-corrected chi connectivity index (χ4v) is 4.89. The van der Waals surface area contributed by atoms with Crippen molar-refractivity contribution >= 4 is 29.3 Å². The molecule has 1 atom stereocenters. The number of nitrogens with one attached hydrogen (secondary N) is 2. The maximum absolute atomic E-state index is 14.1. The van der Waals surface area contributed by atoms with Gasteiger partial charge in [0.25, 0.3) is 5.91 Å². The van der Waals surface area contributed by atoms with Crippen LogP contribution in [0, 0.1) is 5.82 Å². The van der Waals surface area contributed by atoms with Crippen LogP contribution in [0.5, 0.6) is 0 Å². The number of anilines is 1. The van der Waals surface area contributed by atoms with Crippen LogP contribution in [0.2, 0.25) is 5.02 Å². The quantitative estimate of drug-likeness (QED) is 0.278. The number of carbonyl (C=O) groups excluding carboxylic acids is 1. The van der Waals surface area contributed by atoms with E-state index in [2.05, 4.69) is 39.6 Å². The van der Waals surface area contributed by atoms with Crippen LogP contribution in [0.25, 0.3) is 0 Å². The number of pyridine rings is 2. The number of nitrogens with zero attached hydrogens (tertiary/aromatic N) is 3. The van der Waals surface area contributed by atoms with Gasteiger partial charge in [0.2, 0.25) is 0 Å². The van der Waals surface area contributed by atoms with Crippen LogP contribution < -0.4 is 10.6 Å². The zero-order valence-electron chi connectivity index (χ0n) is 22.3. The van der Waals surface area contributed by atoms with Crippen LogP contribution >= 0.6 is 11.6 Å². The van der Waals surface area contributed by atoms with Crippen molar-refractivity contribution in [2.75, 3.05) is 38.1 Å². The number of rotatable bonds is 15. The minimum absolute atomic E-state index is 0.0384. The van der Waals surface area contributed by atoms with Crippen molar-refractivity contribution in [3.8, 4) is 0 Å². The molecule has 9 nitrogen and oxygen atoms in total. The van der Waals surface area contributed by atoms with Gasteiger partial charge in [0.1, 0.15) is 11.9 Å². The molecule has 11 heteroatoms. The molecule has 1 fully saturated rings. The molecule has 0 aromatic carbocycles. The third kappa shape index (κ3) is 8.58. The van der Waals surface area contributed by atoms with Gasteiger partial charge in [-0.15, -0.1) is 0 Å². The molecule has 4 rings (SSSR count). The number of carboxylic acid groups (broad SMARTS) is 1. The molecule has 0 bridgehead atoms. The summed E-state index contributed by atoms with van der Waals surface area (Å²) >= 11 is 5.92. The van der Waals surface area contributed by atoms with Gasteiger partial charge in [0.15, 0.2) is 5.82 Å². The van der Waals surface area contributed by atoms with Crippen LogP contribution in [0.4, 0.5) is 10.2 Å². The van der Waals surface area contributed by atoms with E-state index in [1.54, 1.807) is 0 Å². The molecule has 2 aromatic heterocycles. The Labute approximate surface area is 233 Å². The smallest absolute Gasteiger partial charge is 0.326 e. The van der Waals surface area contributed by atoms with Gasteiger partial charge >= 0.3 is 5.97 Å². The topological polar surface area (TPSA) is 117 Å². The lowest BCUT2D eigenvalue weighted by Crippen LogP contribution is -2.44. The maximum Gasteiger partial charge on any atom is 0.326 e. The molecule has 1 amide bonds. The molecule has 1 aliphatic carbocycles. The molecule has 39 heavy (non-hydrogen) atoms. The Hall–Kier alpha value is -2.82. The number of carboxylic acids is 1. The fraction of sp³-hybridized carbons (Fsp3) is 0.571. The molecular formula is C28H37ClFN5O4. The van der Waals surface area contributed by atoms with Crippen molar-refractivity contribution < 1.29 is 23.8 Å². The summed E-state index contributed by atoms with van der Waals surface area (Å²) in [4.78, 5) is 35.0. The molecule has 0 radical (unpaired) electrons. The first-order chi connectivity index (χ1) is 18.7. The minimum Gasteiger partial charge on any atom is -0.480 e. The fourth-order valence-electron chi connectivity index (χ4n) is 4.65. The summed E-state index contributed by atoms with van der Waals surface area (Å²) in [5.74, 6) is -1.97. The molecule has 3 N–H and O–H groups in total. The van der Waals surface area contributed by atoms with E-state index < -0.39 is 29.3 Å². The van der Waals surface area contributed by atoms with E-state index >= 15 is 0 Å². The molecule has 2 aliphatic rings. The van der Waals surface area contributed by atoms with Crippen LogP contribution in [-0.2, 0) is 22.4 Å². The average Bonchev–Trinajstić information content (AvgIpc) is 3.64. The van der Waals surface area contributed by atoms with Crippen LogP contribution in [0.3, 0.4) is 0 Å². The number of unbranched alkanes of at least 4 members (excludes halogenated alkanes) is 1. The summed E-state index contributed by atoms with van der Waals surface area (Å²) < 4.78 is 20.1. The highest BCUT2D eigenvalue weighted by Crippen LogP contribution is 2.38. The largest absolute Gasteiger partial charge is 0.480 e. The van der Waals surface area contributed by atoms with Gasteiger partial charge in [-0.3, -0.25) is 9.78 Å². The lowest BCUT2D eigenvalue weighted by atomic mass is 10.1. The van der Waals surface area contributed by atoms with Gasteiger partial charge in [-0.1, -0.05) is 17.7 Å². The first-order valence-electron chi connectivity index (χ1n) is 13.7. The molecule has 3 heterocycles. The van der Waals surface area contributed by atoms with E-state index in [0.29, 0.717) is 19.7 Å². The van der Waals surface area contributed by atoms with Gasteiger partial charge < -0.3 is 25.4 Å². The number of fused-ring (bicyclic) bond motifs is 1. The molecule has 1 saturated carbocycles. The molecule has 1 unspecified atom stereocenters. The van der Waals surface area contributed by atoms with E-state index in [1.165, 1.54) is 5.56 Å². The van der Waals surface area contributed by atoms with E-state index in [0.717, 1.165) is 81.9 Å². The summed E-state index contributed by atoms with van der Waals surface area (Å²) in [6.45, 7) is 5.45. The van der Waals surface area contributed by atoms with E-state index in [4.69, 9.17) is 21.3 Å². The monoisotopic (exact) mass is 561 g/mol. The molecule has 1 aliphatic heterocycles. The van der Waals surface area contributed by atoms with Crippen molar-refractivity contribution in [1.29, 1.82) is 0 Å². The number of hydrogen-bond donors (Lipinski definition) is 3. The van der Waals surface area contributed by atoms with Crippen molar-refractivity contribution in [1.82, 2.24) is 20.2 Å². The Balaban J connectivity index is 1.29. The molecule has 0 saturated heterocycles. The third-order valence-corrected chi connectivity index (χ3v) is 7.63. The molecule has 212 valence electrons. The van der Waals surface area contributed by atoms with Gasteiger partial charge in [-0.25, -0.2) is 14.2 Å². The predicted octanol–water partition coefficient (Wildman–Crippen LogP) is 4.09. The summed E-state index contributed by atoms with van der Waals surface area (Å²) in [6, 6.07) is 3.07. The highest BCUT2D eigenvalue weighted by molar-refractivity contribution is 6.33. The predicted molar refractivity (Wildman–Crippen MR) is 147 cm³/mol. The number of amides is 1. The molecule has 2 aromatic rings. The standard InChI is InChI=1S/C28H37ClFN5O4/c1-28(10-11-28)39-16-15-35(13-3-2-6-20-8-7-19-5-4-12-32-25(19)33-20)14-9-23(27(37)38)34-26(36)24-21(29)17-31-18-22(24)30/h7-8,17-18,23H,2-6,9-16H2,1H3,(H,32,33)(H,34,36)(H,37,38). The Bertz CT molecular complexity index is 1140. The summed E-state index contributed by atoms with van der Waals surface area (Å²) in [7, 11) is 0. The zero-order chi connectivity index (χ0) is 27.8.